The zero-order valence-corrected chi connectivity index (χ0v) is 11.7. The molecule has 90 valence electrons. The molecule has 4 atom stereocenters. The lowest BCUT2D eigenvalue weighted by Crippen LogP contribution is -2.30. The number of hydrogen-bond acceptors (Lipinski definition) is 1. The first-order chi connectivity index (χ1) is 7.32. The normalized spacial score (nSPS) is 39.6. The van der Waals surface area contributed by atoms with Gasteiger partial charge in [0.2, 0.25) is 0 Å². The second-order valence-corrected chi connectivity index (χ2v) is 10.1. The van der Waals surface area contributed by atoms with Gasteiger partial charge in [0, 0.05) is 10.8 Å². The maximum absolute atomic E-state index is 12.5. The van der Waals surface area contributed by atoms with E-state index < -0.39 is 10.0 Å². The number of rotatable bonds is 1. The van der Waals surface area contributed by atoms with E-state index in [1.807, 2.05) is 0 Å². The third-order valence-corrected chi connectivity index (χ3v) is 5.51. The molecular formula is C14H22OS. The van der Waals surface area contributed by atoms with Crippen molar-refractivity contribution >= 4 is 15.8 Å². The van der Waals surface area contributed by atoms with Crippen molar-refractivity contribution in [1.82, 2.24) is 0 Å². The van der Waals surface area contributed by atoms with Gasteiger partial charge in [-0.05, 0) is 36.5 Å². The molecule has 0 radical (unpaired) electrons. The fourth-order valence-electron chi connectivity index (χ4n) is 2.87. The first-order valence-electron chi connectivity index (χ1n) is 5.95. The van der Waals surface area contributed by atoms with Crippen LogP contribution in [0.2, 0.25) is 0 Å². The van der Waals surface area contributed by atoms with Crippen LogP contribution in [-0.2, 0) is 4.79 Å². The second-order valence-electron chi connectivity index (χ2n) is 5.94. The van der Waals surface area contributed by atoms with Crippen LogP contribution in [0.5, 0.6) is 0 Å². The maximum Gasteiger partial charge on any atom is 0.171 e. The lowest BCUT2D eigenvalue weighted by molar-refractivity contribution is -0.120. The first kappa shape index (κ1) is 12.0. The monoisotopic (exact) mass is 238 g/mol. The lowest BCUT2D eigenvalue weighted by atomic mass is 9.73. The van der Waals surface area contributed by atoms with Gasteiger partial charge in [-0.15, -0.1) is 0 Å². The number of hydrogen-bond donors (Lipinski definition) is 0. The first-order valence-corrected chi connectivity index (χ1v) is 8.81. The third-order valence-electron chi connectivity index (χ3n) is 3.86. The van der Waals surface area contributed by atoms with E-state index in [1.165, 1.54) is 0 Å². The Morgan fingerprint density at radius 1 is 1.06 bits per heavy atom. The highest BCUT2D eigenvalue weighted by Crippen LogP contribution is 2.54. The molecule has 2 aliphatic carbocycles. The average molecular weight is 238 g/mol. The number of carbonyl (C=O) groups is 1. The minimum atomic E-state index is -0.873. The van der Waals surface area contributed by atoms with Crippen molar-refractivity contribution < 1.29 is 4.79 Å². The topological polar surface area (TPSA) is 17.1 Å². The standard InChI is InChI=1S/C14H22OS/c1-9-6-7-10(2)13-11(9)8-12(14(13)15)16(3,4)5/h6-11,13H,1-5H3/t9?,10?,11-,13+/m1/s1. The number of allylic oxidation sites excluding steroid dienone is 4. The molecule has 2 heteroatoms. The molecule has 0 fully saturated rings. The second kappa shape index (κ2) is 3.76. The fourth-order valence-corrected chi connectivity index (χ4v) is 4.18. The molecule has 0 aliphatic heterocycles. The van der Waals surface area contributed by atoms with Crippen LogP contribution < -0.4 is 0 Å². The Hall–Kier alpha value is -0.500. The molecule has 0 aromatic carbocycles. The van der Waals surface area contributed by atoms with E-state index in [4.69, 9.17) is 0 Å². The van der Waals surface area contributed by atoms with Crippen LogP contribution in [0.1, 0.15) is 13.8 Å². The summed E-state index contributed by atoms with van der Waals surface area (Å²) in [5.74, 6) is 2.03. The van der Waals surface area contributed by atoms with Gasteiger partial charge in [0.05, 0.1) is 0 Å². The van der Waals surface area contributed by atoms with Gasteiger partial charge < -0.3 is 0 Å². The summed E-state index contributed by atoms with van der Waals surface area (Å²) in [6.45, 7) is 4.40. The van der Waals surface area contributed by atoms with Crippen LogP contribution >= 0.6 is 10.0 Å². The van der Waals surface area contributed by atoms with E-state index in [-0.39, 0.29) is 5.92 Å². The molecule has 0 aromatic rings. The Labute approximate surface area is 100 Å². The predicted molar refractivity (Wildman–Crippen MR) is 72.9 cm³/mol. The molecule has 0 aromatic heterocycles. The number of carbonyl (C=O) groups excluding carboxylic acids is 1. The van der Waals surface area contributed by atoms with Crippen LogP contribution in [0, 0.1) is 23.7 Å². The molecule has 0 heterocycles. The predicted octanol–water partition coefficient (Wildman–Crippen LogP) is 3.22. The Morgan fingerprint density at radius 2 is 1.62 bits per heavy atom. The van der Waals surface area contributed by atoms with Crippen molar-refractivity contribution in [3.63, 3.8) is 0 Å². The highest BCUT2D eigenvalue weighted by atomic mass is 32.3. The summed E-state index contributed by atoms with van der Waals surface area (Å²) < 4.78 is 0. The van der Waals surface area contributed by atoms with Gasteiger partial charge in [-0.25, -0.2) is 10.0 Å². The Morgan fingerprint density at radius 3 is 2.12 bits per heavy atom. The molecule has 16 heavy (non-hydrogen) atoms. The Kier molecular flexibility index (Phi) is 2.82. The minimum Gasteiger partial charge on any atom is -0.293 e. The van der Waals surface area contributed by atoms with Crippen molar-refractivity contribution in [2.75, 3.05) is 18.8 Å². The summed E-state index contributed by atoms with van der Waals surface area (Å²) >= 11 is 0. The largest absolute Gasteiger partial charge is 0.293 e. The molecular weight excluding hydrogens is 216 g/mol. The van der Waals surface area contributed by atoms with Crippen molar-refractivity contribution in [3.05, 3.63) is 23.1 Å². The van der Waals surface area contributed by atoms with Crippen LogP contribution in [0.25, 0.3) is 0 Å². The van der Waals surface area contributed by atoms with Gasteiger partial charge in [-0.2, -0.15) is 0 Å². The highest BCUT2D eigenvalue weighted by Gasteiger charge is 2.44. The molecule has 2 rings (SSSR count). The van der Waals surface area contributed by atoms with E-state index in [0.717, 1.165) is 4.91 Å². The van der Waals surface area contributed by atoms with Gasteiger partial charge in [0.1, 0.15) is 0 Å². The zero-order chi connectivity index (χ0) is 12.1. The number of ketones is 1. The van der Waals surface area contributed by atoms with Crippen molar-refractivity contribution in [2.45, 2.75) is 13.8 Å². The highest BCUT2D eigenvalue weighted by molar-refractivity contribution is 8.35. The van der Waals surface area contributed by atoms with Gasteiger partial charge in [-0.3, -0.25) is 4.79 Å². The van der Waals surface area contributed by atoms with E-state index >= 15 is 0 Å². The van der Waals surface area contributed by atoms with Crippen molar-refractivity contribution in [2.24, 2.45) is 23.7 Å². The smallest absolute Gasteiger partial charge is 0.171 e. The van der Waals surface area contributed by atoms with Crippen molar-refractivity contribution in [1.29, 1.82) is 0 Å². The fraction of sp³-hybridized carbons (Fsp3) is 0.643. The summed E-state index contributed by atoms with van der Waals surface area (Å²) in [7, 11) is -0.873. The summed E-state index contributed by atoms with van der Waals surface area (Å²) in [5, 5.41) is 0. The lowest BCUT2D eigenvalue weighted by Gasteiger charge is -2.31. The van der Waals surface area contributed by atoms with Crippen LogP contribution in [0.15, 0.2) is 23.1 Å². The summed E-state index contributed by atoms with van der Waals surface area (Å²) in [6.07, 6.45) is 13.4. The summed E-state index contributed by atoms with van der Waals surface area (Å²) in [5.41, 5.74) is 0. The van der Waals surface area contributed by atoms with Crippen LogP contribution in [0.3, 0.4) is 0 Å². The Bertz CT molecular complexity index is 373. The van der Waals surface area contributed by atoms with Gasteiger partial charge >= 0.3 is 0 Å². The molecule has 0 amide bonds. The maximum atomic E-state index is 12.5. The molecule has 0 saturated heterocycles. The summed E-state index contributed by atoms with van der Waals surface area (Å²) in [4.78, 5) is 13.6. The molecule has 0 bridgehead atoms. The van der Waals surface area contributed by atoms with Gasteiger partial charge in [0.25, 0.3) is 0 Å². The van der Waals surface area contributed by atoms with E-state index in [0.29, 0.717) is 23.5 Å². The van der Waals surface area contributed by atoms with E-state index in [1.54, 1.807) is 0 Å². The number of Topliss-reactive ketones (excluding diaryl/α,β-unsaturated/α-hetero) is 1. The molecule has 0 N–H and O–H groups in total. The molecule has 0 spiro atoms. The summed E-state index contributed by atoms with van der Waals surface area (Å²) in [6, 6.07) is 0. The van der Waals surface area contributed by atoms with Gasteiger partial charge in [-0.1, -0.05) is 32.1 Å². The van der Waals surface area contributed by atoms with Crippen LogP contribution in [0.4, 0.5) is 0 Å². The van der Waals surface area contributed by atoms with Crippen molar-refractivity contribution in [3.8, 4) is 0 Å². The SMILES string of the molecule is CC1C=CC(C)[C@@H]2C(=O)C(S(C)(C)C)=C[C@H]12. The molecule has 2 unspecified atom stereocenters. The third kappa shape index (κ3) is 1.77. The number of fused-ring (bicyclic) bond motifs is 1. The minimum absolute atomic E-state index is 0.224. The van der Waals surface area contributed by atoms with E-state index in [9.17, 15) is 4.79 Å². The quantitative estimate of drug-likeness (QED) is 0.641. The molecule has 0 saturated carbocycles. The average Bonchev–Trinajstić information content (AvgIpc) is 2.51. The molecule has 1 nitrogen and oxygen atoms in total. The zero-order valence-electron chi connectivity index (χ0n) is 10.9. The van der Waals surface area contributed by atoms with Gasteiger partial charge in [0.15, 0.2) is 5.78 Å². The Balaban J connectivity index is 2.38. The molecule has 2 aliphatic rings. The van der Waals surface area contributed by atoms with Crippen LogP contribution in [-0.4, -0.2) is 24.6 Å². The van der Waals surface area contributed by atoms with E-state index in [2.05, 4.69) is 50.8 Å².